The van der Waals surface area contributed by atoms with Crippen LogP contribution in [0.2, 0.25) is 0 Å². The Labute approximate surface area is 145 Å². The zero-order chi connectivity index (χ0) is 18.1. The van der Waals surface area contributed by atoms with Crippen molar-refractivity contribution < 1.29 is 13.2 Å². The third-order valence-electron chi connectivity index (χ3n) is 4.61. The monoisotopic (exact) mass is 350 g/mol. The fraction of sp³-hybridized carbons (Fsp3) is 0.500. The number of alkyl halides is 3. The summed E-state index contributed by atoms with van der Waals surface area (Å²) < 4.78 is 39.9. The number of halogens is 3. The Morgan fingerprint density at radius 3 is 2.44 bits per heavy atom. The maximum Gasteiger partial charge on any atom is 0.433 e. The van der Waals surface area contributed by atoms with Gasteiger partial charge >= 0.3 is 6.18 Å². The standard InChI is InChI=1S/C18H21F3N4/c1-17(2)6-3-10-25(11-7-17)15-12-14(18(19,20)21)23-16(24-15)13-4-8-22-9-5-13/h4-5,8-9,12H,3,6-7,10-11H2,1-2H3. The van der Waals surface area contributed by atoms with E-state index in [4.69, 9.17) is 0 Å². The summed E-state index contributed by atoms with van der Waals surface area (Å²) in [7, 11) is 0. The Morgan fingerprint density at radius 2 is 1.76 bits per heavy atom. The molecule has 0 saturated carbocycles. The van der Waals surface area contributed by atoms with Crippen LogP contribution in [-0.2, 0) is 6.18 Å². The highest BCUT2D eigenvalue weighted by atomic mass is 19.4. The lowest BCUT2D eigenvalue weighted by molar-refractivity contribution is -0.141. The van der Waals surface area contributed by atoms with Crippen molar-refractivity contribution in [2.75, 3.05) is 18.0 Å². The minimum atomic E-state index is -4.51. The van der Waals surface area contributed by atoms with Crippen molar-refractivity contribution in [3.05, 3.63) is 36.3 Å². The zero-order valence-electron chi connectivity index (χ0n) is 14.3. The molecule has 134 valence electrons. The molecule has 1 aliphatic rings. The predicted octanol–water partition coefficient (Wildman–Crippen LogP) is 4.57. The largest absolute Gasteiger partial charge is 0.433 e. The highest BCUT2D eigenvalue weighted by Crippen LogP contribution is 2.34. The molecule has 0 bridgehead atoms. The lowest BCUT2D eigenvalue weighted by Gasteiger charge is -2.25. The summed E-state index contributed by atoms with van der Waals surface area (Å²) in [4.78, 5) is 14.0. The number of rotatable bonds is 2. The first-order chi connectivity index (χ1) is 11.7. The van der Waals surface area contributed by atoms with Crippen LogP contribution in [-0.4, -0.2) is 28.0 Å². The van der Waals surface area contributed by atoms with Crippen molar-refractivity contribution in [2.45, 2.75) is 39.3 Å². The van der Waals surface area contributed by atoms with E-state index in [2.05, 4.69) is 28.8 Å². The van der Waals surface area contributed by atoms with Crippen molar-refractivity contribution in [1.82, 2.24) is 15.0 Å². The van der Waals surface area contributed by atoms with Gasteiger partial charge in [-0.3, -0.25) is 4.98 Å². The van der Waals surface area contributed by atoms with Crippen molar-refractivity contribution in [2.24, 2.45) is 5.41 Å². The van der Waals surface area contributed by atoms with Gasteiger partial charge in [0.05, 0.1) is 0 Å². The Morgan fingerprint density at radius 1 is 1.04 bits per heavy atom. The number of anilines is 1. The summed E-state index contributed by atoms with van der Waals surface area (Å²) in [6.45, 7) is 5.78. The van der Waals surface area contributed by atoms with Crippen LogP contribution in [0, 0.1) is 5.41 Å². The van der Waals surface area contributed by atoms with Crippen molar-refractivity contribution >= 4 is 5.82 Å². The molecule has 0 unspecified atom stereocenters. The third-order valence-corrected chi connectivity index (χ3v) is 4.61. The van der Waals surface area contributed by atoms with Gasteiger partial charge in [-0.25, -0.2) is 9.97 Å². The number of aromatic nitrogens is 3. The van der Waals surface area contributed by atoms with Gasteiger partial charge in [0.15, 0.2) is 11.5 Å². The summed E-state index contributed by atoms with van der Waals surface area (Å²) in [5.74, 6) is 0.419. The van der Waals surface area contributed by atoms with Gasteiger partial charge in [0.1, 0.15) is 5.82 Å². The Hall–Kier alpha value is -2.18. The molecule has 0 aromatic carbocycles. The molecule has 0 aliphatic carbocycles. The minimum Gasteiger partial charge on any atom is -0.356 e. The van der Waals surface area contributed by atoms with E-state index in [-0.39, 0.29) is 11.2 Å². The van der Waals surface area contributed by atoms with Crippen molar-refractivity contribution in [3.63, 3.8) is 0 Å². The summed E-state index contributed by atoms with van der Waals surface area (Å²) in [5.41, 5.74) is -0.187. The van der Waals surface area contributed by atoms with E-state index in [0.717, 1.165) is 25.3 Å². The van der Waals surface area contributed by atoms with Crippen molar-refractivity contribution in [1.29, 1.82) is 0 Å². The molecule has 4 nitrogen and oxygen atoms in total. The first-order valence-corrected chi connectivity index (χ1v) is 8.36. The number of hydrogen-bond acceptors (Lipinski definition) is 4. The second-order valence-electron chi connectivity index (χ2n) is 7.17. The van der Waals surface area contributed by atoms with E-state index in [1.165, 1.54) is 12.4 Å². The molecule has 25 heavy (non-hydrogen) atoms. The van der Waals surface area contributed by atoms with E-state index >= 15 is 0 Å². The van der Waals surface area contributed by atoms with Gasteiger partial charge in [-0.15, -0.1) is 0 Å². The fourth-order valence-corrected chi connectivity index (χ4v) is 3.02. The second kappa shape index (κ2) is 6.61. The van der Waals surface area contributed by atoms with Crippen molar-refractivity contribution in [3.8, 4) is 11.4 Å². The van der Waals surface area contributed by atoms with Crippen LogP contribution in [0.5, 0.6) is 0 Å². The highest BCUT2D eigenvalue weighted by Gasteiger charge is 2.34. The molecule has 2 aromatic rings. The first-order valence-electron chi connectivity index (χ1n) is 8.36. The average Bonchev–Trinajstić information content (AvgIpc) is 2.75. The van der Waals surface area contributed by atoms with E-state index in [1.54, 1.807) is 12.1 Å². The Balaban J connectivity index is 2.01. The van der Waals surface area contributed by atoms with Gasteiger partial charge in [-0.1, -0.05) is 13.8 Å². The molecule has 3 heterocycles. The molecule has 0 spiro atoms. The Bertz CT molecular complexity index is 729. The lowest BCUT2D eigenvalue weighted by atomic mass is 9.85. The second-order valence-corrected chi connectivity index (χ2v) is 7.17. The molecule has 0 amide bonds. The third kappa shape index (κ3) is 4.27. The van der Waals surface area contributed by atoms with E-state index in [1.807, 2.05) is 4.90 Å². The summed E-state index contributed by atoms with van der Waals surface area (Å²) in [6, 6.07) is 4.29. The van der Waals surface area contributed by atoms with Gasteiger partial charge in [0.25, 0.3) is 0 Å². The number of pyridine rings is 1. The van der Waals surface area contributed by atoms with Gasteiger partial charge in [0, 0.05) is 37.1 Å². The smallest absolute Gasteiger partial charge is 0.356 e. The predicted molar refractivity (Wildman–Crippen MR) is 90.1 cm³/mol. The topological polar surface area (TPSA) is 41.9 Å². The van der Waals surface area contributed by atoms with Gasteiger partial charge < -0.3 is 4.90 Å². The lowest BCUT2D eigenvalue weighted by Crippen LogP contribution is -2.27. The van der Waals surface area contributed by atoms with Gasteiger partial charge in [0.2, 0.25) is 0 Å². The molecule has 0 N–H and O–H groups in total. The zero-order valence-corrected chi connectivity index (χ0v) is 14.3. The minimum absolute atomic E-state index is 0.0794. The Kier molecular flexibility index (Phi) is 4.67. The first kappa shape index (κ1) is 17.6. The molecule has 1 aliphatic heterocycles. The maximum absolute atomic E-state index is 13.3. The summed E-state index contributed by atoms with van der Waals surface area (Å²) in [6.07, 6.45) is 1.44. The van der Waals surface area contributed by atoms with Crippen LogP contribution in [0.4, 0.5) is 19.0 Å². The average molecular weight is 350 g/mol. The van der Waals surface area contributed by atoms with Crippen LogP contribution in [0.1, 0.15) is 38.8 Å². The number of nitrogens with zero attached hydrogens (tertiary/aromatic N) is 4. The summed E-state index contributed by atoms with van der Waals surface area (Å²) >= 11 is 0. The van der Waals surface area contributed by atoms with Gasteiger partial charge in [-0.05, 0) is 36.8 Å². The number of hydrogen-bond donors (Lipinski definition) is 0. The SMILES string of the molecule is CC1(C)CCCN(c2cc(C(F)(F)F)nc(-c3ccncc3)n2)CC1. The molecule has 1 fully saturated rings. The summed E-state index contributed by atoms with van der Waals surface area (Å²) in [5, 5.41) is 0. The van der Waals surface area contributed by atoms with Crippen LogP contribution >= 0.6 is 0 Å². The van der Waals surface area contributed by atoms with Gasteiger partial charge in [-0.2, -0.15) is 13.2 Å². The highest BCUT2D eigenvalue weighted by molar-refractivity contribution is 5.57. The molecule has 7 heteroatoms. The van der Waals surface area contributed by atoms with Crippen LogP contribution in [0.15, 0.2) is 30.6 Å². The molecule has 0 atom stereocenters. The quantitative estimate of drug-likeness (QED) is 0.795. The molecular formula is C18H21F3N4. The van der Waals surface area contributed by atoms with E-state index in [0.29, 0.717) is 24.5 Å². The van der Waals surface area contributed by atoms with Crippen LogP contribution in [0.25, 0.3) is 11.4 Å². The van der Waals surface area contributed by atoms with Crippen LogP contribution in [0.3, 0.4) is 0 Å². The molecule has 3 rings (SSSR count). The fourth-order valence-electron chi connectivity index (χ4n) is 3.02. The maximum atomic E-state index is 13.3. The molecular weight excluding hydrogens is 329 g/mol. The van der Waals surface area contributed by atoms with E-state index < -0.39 is 11.9 Å². The molecule has 2 aromatic heterocycles. The normalized spacial score (nSPS) is 18.0. The van der Waals surface area contributed by atoms with E-state index in [9.17, 15) is 13.2 Å². The van der Waals surface area contributed by atoms with Crippen LogP contribution < -0.4 is 4.90 Å². The molecule has 0 radical (unpaired) electrons. The molecule has 1 saturated heterocycles.